The fourth-order valence-corrected chi connectivity index (χ4v) is 2.10. The minimum Gasteiger partial charge on any atom is -0.496 e. The lowest BCUT2D eigenvalue weighted by Gasteiger charge is -2.26. The van der Waals surface area contributed by atoms with E-state index < -0.39 is 0 Å². The third-order valence-corrected chi connectivity index (χ3v) is 3.35. The van der Waals surface area contributed by atoms with E-state index >= 15 is 0 Å². The van der Waals surface area contributed by atoms with Gasteiger partial charge in [-0.3, -0.25) is 0 Å². The van der Waals surface area contributed by atoms with Crippen molar-refractivity contribution in [3.63, 3.8) is 0 Å². The van der Waals surface area contributed by atoms with E-state index in [4.69, 9.17) is 4.74 Å². The van der Waals surface area contributed by atoms with Crippen LogP contribution in [0.5, 0.6) is 5.75 Å². The largest absolute Gasteiger partial charge is 0.496 e. The molecule has 4 heteroatoms. The van der Waals surface area contributed by atoms with Crippen LogP contribution in [0.15, 0.2) is 18.2 Å². The SMILES string of the molecule is COc1ccc(F)cc1C(CNC1CC1)N(C)C. The van der Waals surface area contributed by atoms with Gasteiger partial charge in [-0.05, 0) is 45.1 Å². The first-order valence-electron chi connectivity index (χ1n) is 6.35. The van der Waals surface area contributed by atoms with Crippen LogP contribution in [0.4, 0.5) is 4.39 Å². The van der Waals surface area contributed by atoms with E-state index in [2.05, 4.69) is 10.2 Å². The summed E-state index contributed by atoms with van der Waals surface area (Å²) in [5.41, 5.74) is 0.899. The quantitative estimate of drug-likeness (QED) is 0.840. The molecule has 18 heavy (non-hydrogen) atoms. The summed E-state index contributed by atoms with van der Waals surface area (Å²) < 4.78 is 18.8. The van der Waals surface area contributed by atoms with Gasteiger partial charge in [-0.2, -0.15) is 0 Å². The summed E-state index contributed by atoms with van der Waals surface area (Å²) in [6.07, 6.45) is 2.50. The van der Waals surface area contributed by atoms with Crippen LogP contribution in [0.3, 0.4) is 0 Å². The van der Waals surface area contributed by atoms with E-state index in [0.29, 0.717) is 6.04 Å². The summed E-state index contributed by atoms with van der Waals surface area (Å²) in [5, 5.41) is 3.49. The zero-order chi connectivity index (χ0) is 13.1. The maximum Gasteiger partial charge on any atom is 0.123 e. The minimum atomic E-state index is -0.218. The van der Waals surface area contributed by atoms with Crippen LogP contribution >= 0.6 is 0 Å². The fourth-order valence-electron chi connectivity index (χ4n) is 2.10. The molecule has 1 aromatic carbocycles. The number of rotatable bonds is 6. The number of likely N-dealkylation sites (N-methyl/N-ethyl adjacent to an activating group) is 1. The van der Waals surface area contributed by atoms with Gasteiger partial charge in [0.25, 0.3) is 0 Å². The van der Waals surface area contributed by atoms with Gasteiger partial charge < -0.3 is 15.0 Å². The van der Waals surface area contributed by atoms with Gasteiger partial charge in [-0.15, -0.1) is 0 Å². The number of halogens is 1. The summed E-state index contributed by atoms with van der Waals surface area (Å²) in [6.45, 7) is 0.817. The average molecular weight is 252 g/mol. The van der Waals surface area contributed by atoms with Crippen molar-refractivity contribution in [1.82, 2.24) is 10.2 Å². The Hall–Kier alpha value is -1.13. The molecule has 1 aliphatic rings. The first-order valence-corrected chi connectivity index (χ1v) is 6.35. The maximum atomic E-state index is 13.4. The monoisotopic (exact) mass is 252 g/mol. The van der Waals surface area contributed by atoms with E-state index in [-0.39, 0.29) is 11.9 Å². The van der Waals surface area contributed by atoms with Crippen molar-refractivity contribution in [2.75, 3.05) is 27.7 Å². The van der Waals surface area contributed by atoms with Crippen LogP contribution in [0, 0.1) is 5.82 Å². The number of methoxy groups -OCH3 is 1. The van der Waals surface area contributed by atoms with Gasteiger partial charge in [-0.1, -0.05) is 0 Å². The molecule has 1 atom stereocenters. The van der Waals surface area contributed by atoms with E-state index in [1.54, 1.807) is 19.2 Å². The summed E-state index contributed by atoms with van der Waals surface area (Å²) in [6, 6.07) is 5.46. The van der Waals surface area contributed by atoms with Gasteiger partial charge in [0.05, 0.1) is 13.2 Å². The second-order valence-electron chi connectivity index (χ2n) is 5.05. The highest BCUT2D eigenvalue weighted by Crippen LogP contribution is 2.29. The van der Waals surface area contributed by atoms with Crippen LogP contribution in [-0.4, -0.2) is 38.7 Å². The summed E-state index contributed by atoms with van der Waals surface area (Å²) in [4.78, 5) is 2.09. The molecule has 3 nitrogen and oxygen atoms in total. The van der Waals surface area contributed by atoms with Crippen LogP contribution in [0.25, 0.3) is 0 Å². The average Bonchev–Trinajstić information content (AvgIpc) is 3.13. The van der Waals surface area contributed by atoms with Crippen LogP contribution in [-0.2, 0) is 0 Å². The van der Waals surface area contributed by atoms with Gasteiger partial charge >= 0.3 is 0 Å². The van der Waals surface area contributed by atoms with E-state index in [1.807, 2.05) is 14.1 Å². The molecule has 1 aliphatic carbocycles. The Morgan fingerprint density at radius 2 is 2.17 bits per heavy atom. The first kappa shape index (κ1) is 13.3. The minimum absolute atomic E-state index is 0.122. The normalized spacial score (nSPS) is 16.9. The van der Waals surface area contributed by atoms with Crippen molar-refractivity contribution in [1.29, 1.82) is 0 Å². The van der Waals surface area contributed by atoms with E-state index in [0.717, 1.165) is 17.9 Å². The highest BCUT2D eigenvalue weighted by molar-refractivity contribution is 5.36. The number of benzene rings is 1. The van der Waals surface area contributed by atoms with Crippen molar-refractivity contribution < 1.29 is 9.13 Å². The molecule has 1 aromatic rings. The molecule has 0 spiro atoms. The molecule has 0 aromatic heterocycles. The second kappa shape index (κ2) is 5.67. The summed E-state index contributed by atoms with van der Waals surface area (Å²) in [7, 11) is 5.63. The molecule has 100 valence electrons. The third-order valence-electron chi connectivity index (χ3n) is 3.35. The molecule has 0 amide bonds. The van der Waals surface area contributed by atoms with Crippen molar-refractivity contribution in [3.05, 3.63) is 29.6 Å². The molecule has 1 N–H and O–H groups in total. The molecule has 1 fully saturated rings. The Kier molecular flexibility index (Phi) is 4.19. The number of hydrogen-bond acceptors (Lipinski definition) is 3. The molecule has 0 saturated heterocycles. The summed E-state index contributed by atoms with van der Waals surface area (Å²) >= 11 is 0. The smallest absolute Gasteiger partial charge is 0.123 e. The van der Waals surface area contributed by atoms with E-state index in [1.165, 1.54) is 18.9 Å². The molecule has 2 rings (SSSR count). The molecular weight excluding hydrogens is 231 g/mol. The standard InChI is InChI=1S/C14H21FN2O/c1-17(2)13(9-16-11-5-6-11)12-8-10(15)4-7-14(12)18-3/h4,7-8,11,13,16H,5-6,9H2,1-3H3. The molecule has 0 heterocycles. The summed E-state index contributed by atoms with van der Waals surface area (Å²) in [5.74, 6) is 0.525. The van der Waals surface area contributed by atoms with Crippen molar-refractivity contribution >= 4 is 0 Å². The lowest BCUT2D eigenvalue weighted by molar-refractivity contribution is 0.278. The molecule has 0 bridgehead atoms. The third kappa shape index (κ3) is 3.21. The van der Waals surface area contributed by atoms with Gasteiger partial charge in [-0.25, -0.2) is 4.39 Å². The molecule has 1 unspecified atom stereocenters. The highest BCUT2D eigenvalue weighted by atomic mass is 19.1. The van der Waals surface area contributed by atoms with Crippen LogP contribution < -0.4 is 10.1 Å². The number of ether oxygens (including phenoxy) is 1. The number of nitrogens with one attached hydrogen (secondary N) is 1. The van der Waals surface area contributed by atoms with Crippen LogP contribution in [0.1, 0.15) is 24.4 Å². The fraction of sp³-hybridized carbons (Fsp3) is 0.571. The number of nitrogens with zero attached hydrogens (tertiary/aromatic N) is 1. The highest BCUT2D eigenvalue weighted by Gasteiger charge is 2.25. The maximum absolute atomic E-state index is 13.4. The first-order chi connectivity index (χ1) is 8.61. The molecule has 0 radical (unpaired) electrons. The Labute approximate surface area is 108 Å². The zero-order valence-electron chi connectivity index (χ0n) is 11.2. The van der Waals surface area contributed by atoms with Crippen LogP contribution in [0.2, 0.25) is 0 Å². The number of hydrogen-bond donors (Lipinski definition) is 1. The molecule has 0 aliphatic heterocycles. The molecular formula is C14H21FN2O. The predicted octanol–water partition coefficient (Wildman–Crippen LogP) is 2.19. The van der Waals surface area contributed by atoms with Gasteiger partial charge in [0.1, 0.15) is 11.6 Å². The zero-order valence-corrected chi connectivity index (χ0v) is 11.2. The Morgan fingerprint density at radius 3 is 2.72 bits per heavy atom. The Bertz CT molecular complexity index is 405. The topological polar surface area (TPSA) is 24.5 Å². The van der Waals surface area contributed by atoms with Crippen molar-refractivity contribution in [3.8, 4) is 5.75 Å². The lowest BCUT2D eigenvalue weighted by atomic mass is 10.0. The van der Waals surface area contributed by atoms with Gasteiger partial charge in [0, 0.05) is 18.2 Å². The Morgan fingerprint density at radius 1 is 1.44 bits per heavy atom. The second-order valence-corrected chi connectivity index (χ2v) is 5.05. The van der Waals surface area contributed by atoms with Crippen molar-refractivity contribution in [2.45, 2.75) is 24.9 Å². The lowest BCUT2D eigenvalue weighted by Crippen LogP contribution is -2.32. The predicted molar refractivity (Wildman–Crippen MR) is 70.4 cm³/mol. The van der Waals surface area contributed by atoms with Gasteiger partial charge in [0.2, 0.25) is 0 Å². The van der Waals surface area contributed by atoms with E-state index in [9.17, 15) is 4.39 Å². The molecule has 1 saturated carbocycles. The van der Waals surface area contributed by atoms with Crippen molar-refractivity contribution in [2.24, 2.45) is 0 Å². The Balaban J connectivity index is 2.19. The van der Waals surface area contributed by atoms with Gasteiger partial charge in [0.15, 0.2) is 0 Å².